The molecule has 1 fully saturated rings. The van der Waals surface area contributed by atoms with Gasteiger partial charge < -0.3 is 14.6 Å². The summed E-state index contributed by atoms with van der Waals surface area (Å²) >= 11 is 8.05. The largest absolute Gasteiger partial charge is 0.489 e. The van der Waals surface area contributed by atoms with Gasteiger partial charge in [-0.25, -0.2) is 4.79 Å². The fourth-order valence-corrected chi connectivity index (χ4v) is 6.23. The molecule has 1 aliphatic heterocycles. The Balaban J connectivity index is 1.56. The summed E-state index contributed by atoms with van der Waals surface area (Å²) in [5, 5.41) is 4.20. The number of nitrogens with zero attached hydrogens (tertiary/aromatic N) is 3. The van der Waals surface area contributed by atoms with Crippen molar-refractivity contribution in [1.29, 1.82) is 0 Å². The van der Waals surface area contributed by atoms with Gasteiger partial charge in [-0.05, 0) is 62.6 Å². The molecule has 2 atom stereocenters. The first-order valence-electron chi connectivity index (χ1n) is 12.2. The fourth-order valence-electron chi connectivity index (χ4n) is 4.83. The van der Waals surface area contributed by atoms with Crippen molar-refractivity contribution in [3.63, 3.8) is 0 Å². The SMILES string of the molecule is CC[C@H]1C[C@@H](Oc2c(C)cc(Cl)cc2-c2ccnc3cc(Cn4c(=O)ccn(C)c4=O)sc23)CCN1. The van der Waals surface area contributed by atoms with Gasteiger partial charge in [0.05, 0.1) is 16.8 Å². The Bertz CT molecular complexity index is 1540. The molecule has 0 unspecified atom stereocenters. The molecule has 9 heteroatoms. The number of benzene rings is 1. The van der Waals surface area contributed by atoms with Crippen LogP contribution < -0.4 is 21.3 Å². The van der Waals surface area contributed by atoms with Gasteiger partial charge in [0.2, 0.25) is 0 Å². The first-order valence-corrected chi connectivity index (χ1v) is 13.4. The summed E-state index contributed by atoms with van der Waals surface area (Å²) in [5.74, 6) is 0.844. The third-order valence-corrected chi connectivity index (χ3v) is 8.13. The number of halogens is 1. The minimum atomic E-state index is -0.346. The Hall–Kier alpha value is -2.94. The van der Waals surface area contributed by atoms with E-state index in [1.54, 1.807) is 13.2 Å². The lowest BCUT2D eigenvalue weighted by Gasteiger charge is -2.31. The molecule has 188 valence electrons. The molecule has 0 saturated carbocycles. The van der Waals surface area contributed by atoms with E-state index < -0.39 is 0 Å². The molecule has 0 spiro atoms. The number of aryl methyl sites for hydroxylation is 2. The van der Waals surface area contributed by atoms with Crippen molar-refractivity contribution in [1.82, 2.24) is 19.4 Å². The Kier molecular flexibility index (Phi) is 7.01. The van der Waals surface area contributed by atoms with Crippen LogP contribution in [0.2, 0.25) is 5.02 Å². The Morgan fingerprint density at radius 1 is 1.22 bits per heavy atom. The van der Waals surface area contributed by atoms with Crippen molar-refractivity contribution >= 4 is 33.2 Å². The second kappa shape index (κ2) is 10.2. The standard InChI is InChI=1S/C27H29ClN4O3S/c1-4-18-13-19(5-8-29-18)35-25-16(2)11-17(28)12-22(25)21-6-9-30-23-14-20(36-26(21)23)15-32-24(33)7-10-31(3)27(32)34/h6-7,9-12,14,18-19,29H,4-5,8,13,15H2,1-3H3/t18-,19-/m0/s1. The van der Waals surface area contributed by atoms with Gasteiger partial charge >= 0.3 is 5.69 Å². The van der Waals surface area contributed by atoms with Crippen LogP contribution in [0.25, 0.3) is 21.3 Å². The minimum Gasteiger partial charge on any atom is -0.489 e. The maximum Gasteiger partial charge on any atom is 0.331 e. The van der Waals surface area contributed by atoms with Crippen LogP contribution in [-0.4, -0.2) is 32.8 Å². The zero-order valence-electron chi connectivity index (χ0n) is 20.6. The van der Waals surface area contributed by atoms with Crippen LogP contribution in [0, 0.1) is 6.92 Å². The number of ether oxygens (including phenoxy) is 1. The van der Waals surface area contributed by atoms with Crippen LogP contribution >= 0.6 is 22.9 Å². The highest BCUT2D eigenvalue weighted by molar-refractivity contribution is 7.19. The van der Waals surface area contributed by atoms with E-state index in [0.29, 0.717) is 11.1 Å². The van der Waals surface area contributed by atoms with Gasteiger partial charge in [-0.3, -0.25) is 14.3 Å². The van der Waals surface area contributed by atoms with E-state index in [9.17, 15) is 9.59 Å². The van der Waals surface area contributed by atoms with Gasteiger partial charge in [0.1, 0.15) is 11.9 Å². The number of aromatic nitrogens is 3. The van der Waals surface area contributed by atoms with Crippen LogP contribution in [0.3, 0.4) is 0 Å². The Morgan fingerprint density at radius 3 is 2.86 bits per heavy atom. The maximum absolute atomic E-state index is 12.5. The first kappa shape index (κ1) is 24.7. The van der Waals surface area contributed by atoms with Crippen LogP contribution in [0.5, 0.6) is 5.75 Å². The molecule has 7 nitrogen and oxygen atoms in total. The zero-order valence-corrected chi connectivity index (χ0v) is 22.2. The van der Waals surface area contributed by atoms with E-state index in [4.69, 9.17) is 16.3 Å². The van der Waals surface area contributed by atoms with Gasteiger partial charge in [-0.2, -0.15) is 0 Å². The first-order chi connectivity index (χ1) is 17.3. The average molecular weight is 525 g/mol. The van der Waals surface area contributed by atoms with Gasteiger partial charge in [-0.15, -0.1) is 11.3 Å². The second-order valence-corrected chi connectivity index (χ2v) is 10.9. The molecule has 0 amide bonds. The van der Waals surface area contributed by atoms with Crippen LogP contribution in [-0.2, 0) is 13.6 Å². The lowest BCUT2D eigenvalue weighted by atomic mass is 9.98. The van der Waals surface area contributed by atoms with Crippen molar-refractivity contribution in [3.05, 3.63) is 79.0 Å². The molecule has 4 aromatic rings. The zero-order chi connectivity index (χ0) is 25.4. The maximum atomic E-state index is 12.5. The predicted octanol–water partition coefficient (Wildman–Crippen LogP) is 4.74. The van der Waals surface area contributed by atoms with E-state index in [1.807, 2.05) is 31.2 Å². The number of hydrogen-bond acceptors (Lipinski definition) is 6. The topological polar surface area (TPSA) is 78.2 Å². The third kappa shape index (κ3) is 4.85. The van der Waals surface area contributed by atoms with Gasteiger partial charge in [0.25, 0.3) is 5.56 Å². The summed E-state index contributed by atoms with van der Waals surface area (Å²) in [7, 11) is 1.64. The summed E-state index contributed by atoms with van der Waals surface area (Å²) in [6.45, 7) is 5.36. The number of pyridine rings is 1. The lowest BCUT2D eigenvalue weighted by molar-refractivity contribution is 0.138. The van der Waals surface area contributed by atoms with Crippen molar-refractivity contribution in [2.75, 3.05) is 6.54 Å². The van der Waals surface area contributed by atoms with Crippen LogP contribution in [0.15, 0.2) is 52.3 Å². The molecule has 1 aromatic carbocycles. The molecule has 1 aliphatic rings. The fraction of sp³-hybridized carbons (Fsp3) is 0.370. The minimum absolute atomic E-state index is 0.132. The van der Waals surface area contributed by atoms with Crippen LogP contribution in [0.1, 0.15) is 36.6 Å². The third-order valence-electron chi connectivity index (χ3n) is 6.77. The van der Waals surface area contributed by atoms with E-state index >= 15 is 0 Å². The smallest absolute Gasteiger partial charge is 0.331 e. The normalized spacial score (nSPS) is 18.0. The quantitative estimate of drug-likeness (QED) is 0.394. The highest BCUT2D eigenvalue weighted by atomic mass is 35.5. The summed E-state index contributed by atoms with van der Waals surface area (Å²) < 4.78 is 10.3. The monoisotopic (exact) mass is 524 g/mol. The predicted molar refractivity (Wildman–Crippen MR) is 146 cm³/mol. The summed E-state index contributed by atoms with van der Waals surface area (Å²) in [6.07, 6.45) is 6.39. The van der Waals surface area contributed by atoms with E-state index in [0.717, 1.165) is 63.3 Å². The van der Waals surface area contributed by atoms with Gasteiger partial charge in [0, 0.05) is 52.6 Å². The van der Waals surface area contributed by atoms with Crippen molar-refractivity contribution in [2.45, 2.75) is 51.8 Å². The molecule has 0 aliphatic carbocycles. The number of rotatable bonds is 6. The van der Waals surface area contributed by atoms with E-state index in [1.165, 1.54) is 32.7 Å². The molecule has 1 N–H and O–H groups in total. The molecule has 0 radical (unpaired) electrons. The number of thiophene rings is 1. The van der Waals surface area contributed by atoms with Crippen LogP contribution in [0.4, 0.5) is 0 Å². The number of nitrogens with one attached hydrogen (secondary N) is 1. The molecule has 3 aromatic heterocycles. The summed E-state index contributed by atoms with van der Waals surface area (Å²) in [5.41, 5.74) is 3.04. The van der Waals surface area contributed by atoms with Crippen molar-refractivity contribution in [2.24, 2.45) is 7.05 Å². The number of piperidine rings is 1. The van der Waals surface area contributed by atoms with E-state index in [-0.39, 0.29) is 23.9 Å². The molecule has 1 saturated heterocycles. The van der Waals surface area contributed by atoms with Crippen molar-refractivity contribution < 1.29 is 4.74 Å². The molecule has 5 rings (SSSR count). The van der Waals surface area contributed by atoms with E-state index in [2.05, 4.69) is 17.2 Å². The van der Waals surface area contributed by atoms with Gasteiger partial charge in [0.15, 0.2) is 0 Å². The molecular formula is C27H29ClN4O3S. The molecular weight excluding hydrogens is 496 g/mol. The molecule has 36 heavy (non-hydrogen) atoms. The molecule has 0 bridgehead atoms. The average Bonchev–Trinajstić information content (AvgIpc) is 3.29. The summed E-state index contributed by atoms with van der Waals surface area (Å²) in [4.78, 5) is 30.3. The second-order valence-electron chi connectivity index (χ2n) is 9.34. The highest BCUT2D eigenvalue weighted by Crippen LogP contribution is 2.42. The number of hydrogen-bond donors (Lipinski definition) is 1. The highest BCUT2D eigenvalue weighted by Gasteiger charge is 2.24. The molecule has 4 heterocycles. The number of fused-ring (bicyclic) bond motifs is 1. The Morgan fingerprint density at radius 2 is 2.06 bits per heavy atom. The Labute approximate surface area is 218 Å². The summed E-state index contributed by atoms with van der Waals surface area (Å²) in [6, 6.07) is 9.68. The lowest BCUT2D eigenvalue weighted by Crippen LogP contribution is -2.42. The van der Waals surface area contributed by atoms with Gasteiger partial charge in [-0.1, -0.05) is 18.5 Å². The van der Waals surface area contributed by atoms with Crippen molar-refractivity contribution in [3.8, 4) is 16.9 Å².